The van der Waals surface area contributed by atoms with Gasteiger partial charge in [0.15, 0.2) is 0 Å². The molecule has 0 radical (unpaired) electrons. The lowest BCUT2D eigenvalue weighted by Gasteiger charge is -2.18. The van der Waals surface area contributed by atoms with Gasteiger partial charge in [-0.2, -0.15) is 5.10 Å². The van der Waals surface area contributed by atoms with E-state index in [9.17, 15) is 0 Å². The summed E-state index contributed by atoms with van der Waals surface area (Å²) < 4.78 is 7.05. The van der Waals surface area contributed by atoms with Crippen molar-refractivity contribution in [2.75, 3.05) is 6.54 Å². The fraction of sp³-hybridized carbons (Fsp3) is 0.417. The van der Waals surface area contributed by atoms with Crippen molar-refractivity contribution in [3.8, 4) is 0 Å². The predicted molar refractivity (Wildman–Crippen MR) is 67.1 cm³/mol. The van der Waals surface area contributed by atoms with Crippen LogP contribution >= 0.6 is 11.6 Å². The molecule has 0 aliphatic rings. The summed E-state index contributed by atoms with van der Waals surface area (Å²) in [6.07, 6.45) is 5.09. The number of halogens is 1. The molecule has 92 valence electrons. The van der Waals surface area contributed by atoms with E-state index in [1.165, 1.54) is 0 Å². The molecule has 0 saturated carbocycles. The van der Waals surface area contributed by atoms with Crippen LogP contribution in [0, 0.1) is 0 Å². The molecule has 2 aromatic rings. The lowest BCUT2D eigenvalue weighted by atomic mass is 10.1. The van der Waals surface area contributed by atoms with Crippen LogP contribution < -0.4 is 5.32 Å². The number of nitrogens with zero attached hydrogens (tertiary/aromatic N) is 2. The number of hydrogen-bond acceptors (Lipinski definition) is 3. The zero-order chi connectivity index (χ0) is 12.3. The first-order valence-electron chi connectivity index (χ1n) is 5.74. The summed E-state index contributed by atoms with van der Waals surface area (Å²) in [5.41, 5.74) is 2.04. The second-order valence-electron chi connectivity index (χ2n) is 3.74. The van der Waals surface area contributed by atoms with Crippen molar-refractivity contribution in [1.82, 2.24) is 15.1 Å². The highest BCUT2D eigenvalue weighted by Gasteiger charge is 2.21. The summed E-state index contributed by atoms with van der Waals surface area (Å²) in [7, 11) is 0. The van der Waals surface area contributed by atoms with E-state index in [-0.39, 0.29) is 6.04 Å². The molecule has 2 rings (SSSR count). The van der Waals surface area contributed by atoms with Crippen molar-refractivity contribution in [3.05, 3.63) is 41.1 Å². The Balaban J connectivity index is 2.42. The first kappa shape index (κ1) is 12.2. The van der Waals surface area contributed by atoms with E-state index in [4.69, 9.17) is 16.0 Å². The van der Waals surface area contributed by atoms with Crippen molar-refractivity contribution in [1.29, 1.82) is 0 Å². The minimum Gasteiger partial charge on any atom is -0.472 e. The second kappa shape index (κ2) is 5.38. The van der Waals surface area contributed by atoms with E-state index in [1.54, 1.807) is 18.7 Å². The van der Waals surface area contributed by atoms with Gasteiger partial charge >= 0.3 is 0 Å². The maximum atomic E-state index is 6.22. The Kier molecular flexibility index (Phi) is 3.86. The molecule has 0 bridgehead atoms. The van der Waals surface area contributed by atoms with Gasteiger partial charge in [-0.05, 0) is 19.5 Å². The SMILES string of the molecule is CCNC(c1ccoc1)c1c(Cl)cnn1CC. The highest BCUT2D eigenvalue weighted by molar-refractivity contribution is 6.31. The highest BCUT2D eigenvalue weighted by Crippen LogP contribution is 2.28. The molecular weight excluding hydrogens is 238 g/mol. The molecule has 0 aromatic carbocycles. The van der Waals surface area contributed by atoms with Gasteiger partial charge in [0.2, 0.25) is 0 Å². The molecule has 1 unspecified atom stereocenters. The van der Waals surface area contributed by atoms with E-state index in [0.717, 1.165) is 24.3 Å². The number of hydrogen-bond donors (Lipinski definition) is 1. The van der Waals surface area contributed by atoms with Gasteiger partial charge in [-0.3, -0.25) is 4.68 Å². The van der Waals surface area contributed by atoms with E-state index in [0.29, 0.717) is 5.02 Å². The van der Waals surface area contributed by atoms with Crippen LogP contribution in [-0.2, 0) is 6.54 Å². The summed E-state index contributed by atoms with van der Waals surface area (Å²) in [6, 6.07) is 1.96. The maximum Gasteiger partial charge on any atom is 0.0954 e. The van der Waals surface area contributed by atoms with E-state index in [2.05, 4.69) is 17.3 Å². The van der Waals surface area contributed by atoms with E-state index in [1.807, 2.05) is 17.7 Å². The zero-order valence-corrected chi connectivity index (χ0v) is 10.7. The van der Waals surface area contributed by atoms with Crippen molar-refractivity contribution in [2.45, 2.75) is 26.4 Å². The number of aromatic nitrogens is 2. The summed E-state index contributed by atoms with van der Waals surface area (Å²) in [5, 5.41) is 8.34. The van der Waals surface area contributed by atoms with Gasteiger partial charge in [0.25, 0.3) is 0 Å². The Morgan fingerprint density at radius 2 is 2.35 bits per heavy atom. The fourth-order valence-corrected chi connectivity index (χ4v) is 2.18. The summed E-state index contributed by atoms with van der Waals surface area (Å²) >= 11 is 6.22. The molecule has 2 aromatic heterocycles. The van der Waals surface area contributed by atoms with Crippen LogP contribution in [0.3, 0.4) is 0 Å². The molecular formula is C12H16ClN3O. The molecule has 2 heterocycles. The van der Waals surface area contributed by atoms with Gasteiger partial charge in [-0.25, -0.2) is 0 Å². The third-order valence-electron chi connectivity index (χ3n) is 2.69. The van der Waals surface area contributed by atoms with Crippen LogP contribution in [0.5, 0.6) is 0 Å². The molecule has 5 heteroatoms. The Labute approximate surface area is 106 Å². The van der Waals surface area contributed by atoms with Crippen molar-refractivity contribution in [2.24, 2.45) is 0 Å². The second-order valence-corrected chi connectivity index (χ2v) is 4.15. The third-order valence-corrected chi connectivity index (χ3v) is 2.98. The third kappa shape index (κ3) is 2.37. The zero-order valence-electron chi connectivity index (χ0n) is 9.98. The minimum atomic E-state index is 0.0219. The predicted octanol–water partition coefficient (Wildman–Crippen LogP) is 2.85. The lowest BCUT2D eigenvalue weighted by molar-refractivity contribution is 0.526. The fourth-order valence-electron chi connectivity index (χ4n) is 1.93. The maximum absolute atomic E-state index is 6.22. The van der Waals surface area contributed by atoms with Gasteiger partial charge in [-0.1, -0.05) is 18.5 Å². The number of rotatable bonds is 5. The minimum absolute atomic E-state index is 0.0219. The Bertz CT molecular complexity index is 464. The highest BCUT2D eigenvalue weighted by atomic mass is 35.5. The first-order chi connectivity index (χ1) is 8.27. The number of aryl methyl sites for hydroxylation is 1. The molecule has 4 nitrogen and oxygen atoms in total. The Morgan fingerprint density at radius 3 is 2.94 bits per heavy atom. The Hall–Kier alpha value is -1.26. The molecule has 1 N–H and O–H groups in total. The molecule has 0 aliphatic heterocycles. The summed E-state index contributed by atoms with van der Waals surface area (Å²) in [6.45, 7) is 5.75. The average Bonchev–Trinajstić information content (AvgIpc) is 2.95. The van der Waals surface area contributed by atoms with Gasteiger partial charge in [-0.15, -0.1) is 0 Å². The largest absolute Gasteiger partial charge is 0.472 e. The smallest absolute Gasteiger partial charge is 0.0954 e. The Morgan fingerprint density at radius 1 is 1.53 bits per heavy atom. The molecule has 0 amide bonds. The normalized spacial score (nSPS) is 12.9. The molecule has 1 atom stereocenters. The van der Waals surface area contributed by atoms with Crippen LogP contribution in [-0.4, -0.2) is 16.3 Å². The summed E-state index contributed by atoms with van der Waals surface area (Å²) in [5.74, 6) is 0. The average molecular weight is 254 g/mol. The molecule has 0 aliphatic carbocycles. The standard InChI is InChI=1S/C12H16ClN3O/c1-3-14-11(9-5-6-17-8-9)12-10(13)7-15-16(12)4-2/h5-8,11,14H,3-4H2,1-2H3. The number of furan rings is 1. The van der Waals surface area contributed by atoms with E-state index >= 15 is 0 Å². The number of nitrogens with one attached hydrogen (secondary N) is 1. The van der Waals surface area contributed by atoms with Crippen molar-refractivity contribution in [3.63, 3.8) is 0 Å². The molecule has 0 fully saturated rings. The summed E-state index contributed by atoms with van der Waals surface area (Å²) in [4.78, 5) is 0. The molecule has 17 heavy (non-hydrogen) atoms. The first-order valence-corrected chi connectivity index (χ1v) is 6.12. The van der Waals surface area contributed by atoms with Crippen LogP contribution in [0.4, 0.5) is 0 Å². The van der Waals surface area contributed by atoms with Crippen LogP contribution in [0.1, 0.15) is 31.1 Å². The molecule has 0 saturated heterocycles. The quantitative estimate of drug-likeness (QED) is 0.891. The monoisotopic (exact) mass is 253 g/mol. The lowest BCUT2D eigenvalue weighted by Crippen LogP contribution is -2.24. The van der Waals surface area contributed by atoms with Crippen molar-refractivity contribution < 1.29 is 4.42 Å². The van der Waals surface area contributed by atoms with Crippen LogP contribution in [0.2, 0.25) is 5.02 Å². The van der Waals surface area contributed by atoms with E-state index < -0.39 is 0 Å². The van der Waals surface area contributed by atoms with Gasteiger partial charge in [0.05, 0.1) is 35.5 Å². The van der Waals surface area contributed by atoms with Gasteiger partial charge < -0.3 is 9.73 Å². The van der Waals surface area contributed by atoms with Crippen LogP contribution in [0.15, 0.2) is 29.2 Å². The van der Waals surface area contributed by atoms with Crippen molar-refractivity contribution >= 4 is 11.6 Å². The van der Waals surface area contributed by atoms with Gasteiger partial charge in [0.1, 0.15) is 0 Å². The topological polar surface area (TPSA) is 43.0 Å². The van der Waals surface area contributed by atoms with Crippen LogP contribution in [0.25, 0.3) is 0 Å². The van der Waals surface area contributed by atoms with Gasteiger partial charge in [0, 0.05) is 12.1 Å². The molecule has 0 spiro atoms.